The van der Waals surface area contributed by atoms with Crippen LogP contribution in [-0.4, -0.2) is 39.1 Å². The zero-order valence-electron chi connectivity index (χ0n) is 11.6. The van der Waals surface area contributed by atoms with Gasteiger partial charge in [0.1, 0.15) is 5.82 Å². The molecule has 2 aliphatic rings. The van der Waals surface area contributed by atoms with Crippen molar-refractivity contribution < 1.29 is 4.79 Å². The minimum atomic E-state index is 0.192. The quantitative estimate of drug-likeness (QED) is 0.800. The average molecular weight is 275 g/mol. The zero-order chi connectivity index (χ0) is 13.9. The highest BCUT2D eigenvalue weighted by Gasteiger charge is 2.29. The molecule has 2 heterocycles. The number of nitrogens with two attached hydrogens (primary N) is 1. The summed E-state index contributed by atoms with van der Waals surface area (Å²) in [6, 6.07) is 0. The topological polar surface area (TPSA) is 87.9 Å². The van der Waals surface area contributed by atoms with Crippen LogP contribution in [0.25, 0.3) is 0 Å². The number of aromatic nitrogens is 3. The molecule has 1 aliphatic heterocycles. The number of anilines is 1. The highest BCUT2D eigenvalue weighted by Crippen LogP contribution is 2.28. The Bertz CT molecular complexity index is 501. The summed E-state index contributed by atoms with van der Waals surface area (Å²) in [5.41, 5.74) is 5.53. The van der Waals surface area contributed by atoms with E-state index < -0.39 is 0 Å². The number of piperidine rings is 1. The van der Waals surface area contributed by atoms with Crippen LogP contribution in [0.15, 0.2) is 12.2 Å². The third-order valence-electron chi connectivity index (χ3n) is 4.33. The first-order chi connectivity index (χ1) is 9.74. The summed E-state index contributed by atoms with van der Waals surface area (Å²) >= 11 is 0. The molecule has 1 saturated heterocycles. The number of H-pyrrole nitrogens is 1. The van der Waals surface area contributed by atoms with Crippen LogP contribution in [0.5, 0.6) is 0 Å². The molecule has 1 aliphatic carbocycles. The molecule has 1 aromatic rings. The van der Waals surface area contributed by atoms with Gasteiger partial charge in [-0.15, -0.1) is 5.10 Å². The Balaban J connectivity index is 1.55. The molecule has 0 bridgehead atoms. The smallest absolute Gasteiger partial charge is 0.239 e. The second-order valence-electron chi connectivity index (χ2n) is 5.66. The van der Waals surface area contributed by atoms with Crippen molar-refractivity contribution >= 4 is 11.9 Å². The van der Waals surface area contributed by atoms with E-state index in [0.717, 1.165) is 51.0 Å². The molecule has 3 N–H and O–H groups in total. The fourth-order valence-corrected chi connectivity index (χ4v) is 3.12. The molecule has 108 valence electrons. The van der Waals surface area contributed by atoms with E-state index in [-0.39, 0.29) is 5.92 Å². The zero-order valence-corrected chi connectivity index (χ0v) is 11.6. The lowest BCUT2D eigenvalue weighted by Gasteiger charge is -2.33. The molecule has 0 radical (unpaired) electrons. The number of amides is 1. The predicted molar refractivity (Wildman–Crippen MR) is 75.8 cm³/mol. The molecule has 6 nitrogen and oxygen atoms in total. The molecule has 1 unspecified atom stereocenters. The van der Waals surface area contributed by atoms with Crippen molar-refractivity contribution in [2.45, 2.75) is 38.0 Å². The fraction of sp³-hybridized carbons (Fsp3) is 0.643. The maximum atomic E-state index is 12.4. The van der Waals surface area contributed by atoms with Crippen LogP contribution in [0.4, 0.5) is 5.95 Å². The van der Waals surface area contributed by atoms with Crippen LogP contribution in [0.3, 0.4) is 0 Å². The van der Waals surface area contributed by atoms with Gasteiger partial charge in [0, 0.05) is 24.9 Å². The van der Waals surface area contributed by atoms with Gasteiger partial charge in [0.05, 0.1) is 0 Å². The summed E-state index contributed by atoms with van der Waals surface area (Å²) in [5.74, 6) is 2.01. The summed E-state index contributed by atoms with van der Waals surface area (Å²) in [6.07, 6.45) is 9.10. The van der Waals surface area contributed by atoms with Crippen molar-refractivity contribution in [1.82, 2.24) is 20.1 Å². The molecule has 6 heteroatoms. The SMILES string of the molecule is Nc1n[nH]c(C2CCN(C(=O)C3CC=CCC3)CC2)n1. The molecule has 0 spiro atoms. The number of hydrogen-bond donors (Lipinski definition) is 2. The van der Waals surface area contributed by atoms with Crippen LogP contribution in [0.2, 0.25) is 0 Å². The minimum absolute atomic E-state index is 0.192. The number of likely N-dealkylation sites (tertiary alicyclic amines) is 1. The molecule has 0 saturated carbocycles. The lowest BCUT2D eigenvalue weighted by molar-refractivity contribution is -0.136. The maximum Gasteiger partial charge on any atom is 0.239 e. The van der Waals surface area contributed by atoms with Gasteiger partial charge in [0.25, 0.3) is 0 Å². The van der Waals surface area contributed by atoms with Gasteiger partial charge in [-0.05, 0) is 32.1 Å². The Hall–Kier alpha value is -1.85. The monoisotopic (exact) mass is 275 g/mol. The lowest BCUT2D eigenvalue weighted by atomic mass is 9.90. The van der Waals surface area contributed by atoms with Gasteiger partial charge in [-0.1, -0.05) is 12.2 Å². The standard InChI is InChI=1S/C14H21N5O/c15-14-16-12(17-18-14)10-6-8-19(9-7-10)13(20)11-4-2-1-3-5-11/h1-2,10-11H,3-9H2,(H3,15,16,17,18). The Kier molecular flexibility index (Phi) is 3.71. The van der Waals surface area contributed by atoms with Crippen molar-refractivity contribution in [3.8, 4) is 0 Å². The highest BCUT2D eigenvalue weighted by atomic mass is 16.2. The summed E-state index contributed by atoms with van der Waals surface area (Å²) in [5, 5.41) is 6.76. The van der Waals surface area contributed by atoms with E-state index in [4.69, 9.17) is 5.73 Å². The Morgan fingerprint density at radius 3 is 2.70 bits per heavy atom. The van der Waals surface area contributed by atoms with Gasteiger partial charge in [-0.3, -0.25) is 9.89 Å². The van der Waals surface area contributed by atoms with Crippen molar-refractivity contribution in [3.63, 3.8) is 0 Å². The second kappa shape index (κ2) is 5.64. The molecule has 0 aromatic carbocycles. The highest BCUT2D eigenvalue weighted by molar-refractivity contribution is 5.79. The average Bonchev–Trinajstić information content (AvgIpc) is 2.94. The van der Waals surface area contributed by atoms with Crippen molar-refractivity contribution in [3.05, 3.63) is 18.0 Å². The van der Waals surface area contributed by atoms with E-state index in [9.17, 15) is 4.79 Å². The van der Waals surface area contributed by atoms with E-state index in [1.54, 1.807) is 0 Å². The number of nitrogens with zero attached hydrogens (tertiary/aromatic N) is 3. The third kappa shape index (κ3) is 2.69. The van der Waals surface area contributed by atoms with Gasteiger partial charge in [0.15, 0.2) is 0 Å². The number of aromatic amines is 1. The number of allylic oxidation sites excluding steroid dienone is 2. The predicted octanol–water partition coefficient (Wildman–Crippen LogP) is 1.45. The van der Waals surface area contributed by atoms with Crippen LogP contribution >= 0.6 is 0 Å². The van der Waals surface area contributed by atoms with Crippen LogP contribution < -0.4 is 5.73 Å². The van der Waals surface area contributed by atoms with Crippen molar-refractivity contribution in [2.75, 3.05) is 18.8 Å². The fourth-order valence-electron chi connectivity index (χ4n) is 3.12. The van der Waals surface area contributed by atoms with Gasteiger partial charge in [-0.2, -0.15) is 4.98 Å². The molecule has 1 fully saturated rings. The van der Waals surface area contributed by atoms with Crippen LogP contribution in [0, 0.1) is 5.92 Å². The van der Waals surface area contributed by atoms with Crippen molar-refractivity contribution in [1.29, 1.82) is 0 Å². The molecular formula is C14H21N5O. The Morgan fingerprint density at radius 2 is 2.10 bits per heavy atom. The number of carbonyl (C=O) groups excluding carboxylic acids is 1. The van der Waals surface area contributed by atoms with E-state index in [1.807, 2.05) is 4.90 Å². The van der Waals surface area contributed by atoms with Gasteiger partial charge in [-0.25, -0.2) is 0 Å². The van der Waals surface area contributed by atoms with E-state index in [0.29, 0.717) is 17.8 Å². The molecular weight excluding hydrogens is 254 g/mol. The van der Waals surface area contributed by atoms with Gasteiger partial charge >= 0.3 is 0 Å². The van der Waals surface area contributed by atoms with E-state index in [2.05, 4.69) is 27.3 Å². The van der Waals surface area contributed by atoms with Crippen LogP contribution in [0.1, 0.15) is 43.8 Å². The molecule has 1 atom stereocenters. The number of rotatable bonds is 2. The number of carbonyl (C=O) groups is 1. The second-order valence-corrected chi connectivity index (χ2v) is 5.66. The van der Waals surface area contributed by atoms with Gasteiger partial charge in [0.2, 0.25) is 11.9 Å². The Morgan fingerprint density at radius 1 is 1.30 bits per heavy atom. The minimum Gasteiger partial charge on any atom is -0.367 e. The largest absolute Gasteiger partial charge is 0.367 e. The number of hydrogen-bond acceptors (Lipinski definition) is 4. The van der Waals surface area contributed by atoms with Gasteiger partial charge < -0.3 is 10.6 Å². The first-order valence-electron chi connectivity index (χ1n) is 7.35. The summed E-state index contributed by atoms with van der Waals surface area (Å²) in [4.78, 5) is 18.6. The first kappa shape index (κ1) is 13.1. The number of nitrogens with one attached hydrogen (secondary N) is 1. The summed E-state index contributed by atoms with van der Waals surface area (Å²) < 4.78 is 0. The molecule has 1 aromatic heterocycles. The summed E-state index contributed by atoms with van der Waals surface area (Å²) in [6.45, 7) is 1.62. The van der Waals surface area contributed by atoms with Crippen LogP contribution in [-0.2, 0) is 4.79 Å². The first-order valence-corrected chi connectivity index (χ1v) is 7.35. The molecule has 3 rings (SSSR count). The lowest BCUT2D eigenvalue weighted by Crippen LogP contribution is -2.41. The van der Waals surface area contributed by atoms with Crippen molar-refractivity contribution in [2.24, 2.45) is 5.92 Å². The summed E-state index contributed by atoms with van der Waals surface area (Å²) in [7, 11) is 0. The number of nitrogen functional groups attached to an aromatic ring is 1. The maximum absolute atomic E-state index is 12.4. The van der Waals surface area contributed by atoms with E-state index >= 15 is 0 Å². The van der Waals surface area contributed by atoms with E-state index in [1.165, 1.54) is 0 Å². The Labute approximate surface area is 118 Å². The molecule has 1 amide bonds. The normalized spacial score (nSPS) is 24.0. The molecule has 20 heavy (non-hydrogen) atoms. The third-order valence-corrected chi connectivity index (χ3v) is 4.33.